The van der Waals surface area contributed by atoms with Gasteiger partial charge in [-0.2, -0.15) is 0 Å². The van der Waals surface area contributed by atoms with E-state index in [1.54, 1.807) is 5.70 Å². The van der Waals surface area contributed by atoms with Gasteiger partial charge in [-0.05, 0) is 74.0 Å². The molecular weight excluding hydrogens is 254 g/mol. The van der Waals surface area contributed by atoms with Gasteiger partial charge in [0, 0.05) is 17.7 Å². The van der Waals surface area contributed by atoms with E-state index in [0.717, 1.165) is 23.7 Å². The van der Waals surface area contributed by atoms with E-state index in [4.69, 9.17) is 0 Å². The van der Waals surface area contributed by atoms with Gasteiger partial charge < -0.3 is 5.32 Å². The van der Waals surface area contributed by atoms with Gasteiger partial charge in [0.2, 0.25) is 0 Å². The Morgan fingerprint density at radius 1 is 1.14 bits per heavy atom. The molecule has 0 radical (unpaired) electrons. The first-order chi connectivity index (χ1) is 10.1. The van der Waals surface area contributed by atoms with Crippen LogP contribution in [0.15, 0.2) is 11.8 Å². The quantitative estimate of drug-likeness (QED) is 0.704. The molecule has 0 aromatic heterocycles. The lowest BCUT2D eigenvalue weighted by Gasteiger charge is -2.57. The molecular formula is C20H33N. The molecule has 1 heterocycles. The summed E-state index contributed by atoms with van der Waals surface area (Å²) in [5, 5.41) is 3.74. The zero-order chi connectivity index (χ0) is 14.7. The van der Waals surface area contributed by atoms with E-state index >= 15 is 0 Å². The van der Waals surface area contributed by atoms with Crippen molar-refractivity contribution in [3.8, 4) is 0 Å². The summed E-state index contributed by atoms with van der Waals surface area (Å²) in [5.41, 5.74) is 2.76. The highest BCUT2D eigenvalue weighted by atomic mass is 14.9. The van der Waals surface area contributed by atoms with Crippen molar-refractivity contribution in [2.24, 2.45) is 34.5 Å². The number of hydrogen-bond donors (Lipinski definition) is 1. The molecule has 1 N–H and O–H groups in total. The predicted molar refractivity (Wildman–Crippen MR) is 88.9 cm³/mol. The minimum absolute atomic E-state index is 0.479. The summed E-state index contributed by atoms with van der Waals surface area (Å²) in [6, 6.07) is 0. The molecule has 0 unspecified atom stereocenters. The molecule has 3 fully saturated rings. The summed E-state index contributed by atoms with van der Waals surface area (Å²) in [6.45, 7) is 8.86. The Kier molecular flexibility index (Phi) is 3.21. The standard InChI is InChI=1S/C20H33N/c1-4-14-6-8-16-15-7-9-18-20(3,11-5-13-21-18)17(15)10-12-19(14,16)2/h9,14-17,21H,4-8,10-13H2,1-3H3/t14-,15-,16-,17-,19+,20+/m0/s1. The molecule has 0 bridgehead atoms. The first-order valence-corrected chi connectivity index (χ1v) is 9.54. The first-order valence-electron chi connectivity index (χ1n) is 9.54. The van der Waals surface area contributed by atoms with Gasteiger partial charge in [-0.1, -0.05) is 33.3 Å². The minimum atomic E-state index is 0.479. The van der Waals surface area contributed by atoms with Crippen molar-refractivity contribution in [1.82, 2.24) is 5.32 Å². The maximum Gasteiger partial charge on any atom is 0.0144 e. The second-order valence-corrected chi connectivity index (χ2v) is 8.91. The summed E-state index contributed by atoms with van der Waals surface area (Å²) >= 11 is 0. The Balaban J connectivity index is 1.67. The van der Waals surface area contributed by atoms with Gasteiger partial charge in [0.1, 0.15) is 0 Å². The van der Waals surface area contributed by atoms with Crippen LogP contribution in [0.2, 0.25) is 0 Å². The molecule has 0 aromatic rings. The van der Waals surface area contributed by atoms with Crippen molar-refractivity contribution in [2.75, 3.05) is 6.54 Å². The Bertz CT molecular complexity index is 453. The van der Waals surface area contributed by atoms with Crippen LogP contribution in [0.4, 0.5) is 0 Å². The fourth-order valence-corrected chi connectivity index (χ4v) is 7.15. The molecule has 118 valence electrons. The van der Waals surface area contributed by atoms with Gasteiger partial charge >= 0.3 is 0 Å². The largest absolute Gasteiger partial charge is 0.388 e. The van der Waals surface area contributed by atoms with Crippen LogP contribution in [0.5, 0.6) is 0 Å². The monoisotopic (exact) mass is 287 g/mol. The van der Waals surface area contributed by atoms with Crippen LogP contribution in [0, 0.1) is 34.5 Å². The van der Waals surface area contributed by atoms with Crippen molar-refractivity contribution in [3.05, 3.63) is 11.8 Å². The lowest BCUT2D eigenvalue weighted by Crippen LogP contribution is -2.52. The van der Waals surface area contributed by atoms with Crippen molar-refractivity contribution in [2.45, 2.75) is 72.1 Å². The van der Waals surface area contributed by atoms with Crippen LogP contribution < -0.4 is 5.32 Å². The molecule has 0 spiro atoms. The number of piperidine rings is 1. The summed E-state index contributed by atoms with van der Waals surface area (Å²) in [6.07, 6.45) is 14.2. The molecule has 1 saturated heterocycles. The molecule has 1 aliphatic heterocycles. The molecule has 1 heteroatoms. The normalized spacial score (nSPS) is 52.2. The maximum absolute atomic E-state index is 3.74. The highest BCUT2D eigenvalue weighted by Crippen LogP contribution is 2.65. The van der Waals surface area contributed by atoms with Gasteiger partial charge in [0.25, 0.3) is 0 Å². The zero-order valence-electron chi connectivity index (χ0n) is 14.3. The third-order valence-corrected chi connectivity index (χ3v) is 8.34. The molecule has 21 heavy (non-hydrogen) atoms. The van der Waals surface area contributed by atoms with Crippen LogP contribution in [0.1, 0.15) is 72.1 Å². The smallest absolute Gasteiger partial charge is 0.0144 e. The number of hydrogen-bond acceptors (Lipinski definition) is 1. The second-order valence-electron chi connectivity index (χ2n) is 8.91. The Morgan fingerprint density at radius 2 is 2.00 bits per heavy atom. The van der Waals surface area contributed by atoms with E-state index in [9.17, 15) is 0 Å². The Labute approximate surface area is 131 Å². The van der Waals surface area contributed by atoms with Crippen molar-refractivity contribution >= 4 is 0 Å². The van der Waals surface area contributed by atoms with Gasteiger partial charge in [-0.15, -0.1) is 0 Å². The van der Waals surface area contributed by atoms with Crippen LogP contribution in [-0.4, -0.2) is 6.54 Å². The molecule has 3 aliphatic carbocycles. The van der Waals surface area contributed by atoms with Crippen LogP contribution in [-0.2, 0) is 0 Å². The topological polar surface area (TPSA) is 12.0 Å². The maximum atomic E-state index is 3.74. The van der Waals surface area contributed by atoms with Crippen molar-refractivity contribution in [1.29, 1.82) is 0 Å². The number of fused-ring (bicyclic) bond motifs is 5. The lowest BCUT2D eigenvalue weighted by molar-refractivity contribution is -0.0426. The van der Waals surface area contributed by atoms with E-state index in [-0.39, 0.29) is 0 Å². The molecule has 2 saturated carbocycles. The average molecular weight is 287 g/mol. The third kappa shape index (κ3) is 1.82. The van der Waals surface area contributed by atoms with Crippen molar-refractivity contribution < 1.29 is 0 Å². The van der Waals surface area contributed by atoms with Crippen LogP contribution >= 0.6 is 0 Å². The van der Waals surface area contributed by atoms with E-state index in [0.29, 0.717) is 10.8 Å². The second kappa shape index (κ2) is 4.77. The van der Waals surface area contributed by atoms with Gasteiger partial charge in [-0.3, -0.25) is 0 Å². The van der Waals surface area contributed by atoms with E-state index in [1.165, 1.54) is 57.9 Å². The van der Waals surface area contributed by atoms with Crippen LogP contribution in [0.3, 0.4) is 0 Å². The van der Waals surface area contributed by atoms with E-state index < -0.39 is 0 Å². The first kappa shape index (κ1) is 14.2. The van der Waals surface area contributed by atoms with E-state index in [2.05, 4.69) is 32.2 Å². The minimum Gasteiger partial charge on any atom is -0.388 e. The summed E-state index contributed by atoms with van der Waals surface area (Å²) < 4.78 is 0. The summed E-state index contributed by atoms with van der Waals surface area (Å²) in [5.74, 6) is 3.96. The Morgan fingerprint density at radius 3 is 2.81 bits per heavy atom. The average Bonchev–Trinajstić information content (AvgIpc) is 2.83. The number of nitrogens with one attached hydrogen (secondary N) is 1. The van der Waals surface area contributed by atoms with Crippen LogP contribution in [0.25, 0.3) is 0 Å². The lowest BCUT2D eigenvalue weighted by atomic mass is 9.49. The molecule has 0 amide bonds. The molecule has 0 aromatic carbocycles. The zero-order valence-corrected chi connectivity index (χ0v) is 14.3. The molecule has 4 aliphatic rings. The molecule has 1 nitrogen and oxygen atoms in total. The fraction of sp³-hybridized carbons (Fsp3) is 0.900. The number of allylic oxidation sites excluding steroid dienone is 2. The highest BCUT2D eigenvalue weighted by molar-refractivity contribution is 5.23. The summed E-state index contributed by atoms with van der Waals surface area (Å²) in [7, 11) is 0. The van der Waals surface area contributed by atoms with Gasteiger partial charge in [0.15, 0.2) is 0 Å². The van der Waals surface area contributed by atoms with Gasteiger partial charge in [0.05, 0.1) is 0 Å². The molecule has 4 rings (SSSR count). The van der Waals surface area contributed by atoms with E-state index in [1.807, 2.05) is 0 Å². The predicted octanol–water partition coefficient (Wildman–Crippen LogP) is 5.13. The number of rotatable bonds is 1. The van der Waals surface area contributed by atoms with Gasteiger partial charge in [-0.25, -0.2) is 0 Å². The summed E-state index contributed by atoms with van der Waals surface area (Å²) in [4.78, 5) is 0. The third-order valence-electron chi connectivity index (χ3n) is 8.34. The highest BCUT2D eigenvalue weighted by Gasteiger charge is 2.57. The Hall–Kier alpha value is -0.460. The molecule has 6 atom stereocenters. The van der Waals surface area contributed by atoms with Crippen molar-refractivity contribution in [3.63, 3.8) is 0 Å². The SMILES string of the molecule is CC[C@H]1CC[C@H]2[C@@H]3CC=C4NCCC[C@]4(C)[C@H]3CC[C@]12C. The fourth-order valence-electron chi connectivity index (χ4n) is 7.15.